The van der Waals surface area contributed by atoms with Crippen molar-refractivity contribution in [2.75, 3.05) is 25.5 Å². The number of anilines is 1. The third-order valence-electron chi connectivity index (χ3n) is 3.55. The average Bonchev–Trinajstić information content (AvgIpc) is 2.49. The van der Waals surface area contributed by atoms with E-state index in [4.69, 9.17) is 0 Å². The molecule has 0 aliphatic rings. The summed E-state index contributed by atoms with van der Waals surface area (Å²) in [6.07, 6.45) is 0.922. The number of rotatable bonds is 6. The molecule has 0 amide bonds. The largest absolute Gasteiger partial charge is 0.365 e. The van der Waals surface area contributed by atoms with Gasteiger partial charge >= 0.3 is 0 Å². The van der Waals surface area contributed by atoms with Crippen LogP contribution in [0.4, 0.5) is 10.1 Å². The highest BCUT2D eigenvalue weighted by atomic mass is 19.1. The van der Waals surface area contributed by atoms with Gasteiger partial charge in [0.25, 0.3) is 0 Å². The van der Waals surface area contributed by atoms with Crippen molar-refractivity contribution in [3.05, 3.63) is 66.0 Å². The van der Waals surface area contributed by atoms with Crippen LogP contribution in [0, 0.1) is 5.82 Å². The summed E-state index contributed by atoms with van der Waals surface area (Å²) in [6, 6.07) is 17.3. The van der Waals surface area contributed by atoms with Crippen LogP contribution in [0.5, 0.6) is 0 Å². The number of hydrogen-bond acceptors (Lipinski definition) is 2. The van der Waals surface area contributed by atoms with Crippen LogP contribution in [0.2, 0.25) is 0 Å². The molecule has 0 spiro atoms. The lowest BCUT2D eigenvalue weighted by atomic mass is 10.0. The Morgan fingerprint density at radius 1 is 1.05 bits per heavy atom. The molecule has 1 N–H and O–H groups in total. The topological polar surface area (TPSA) is 15.3 Å². The lowest BCUT2D eigenvalue weighted by molar-refractivity contribution is 0.565. The molecule has 0 radical (unpaired) electrons. The van der Waals surface area contributed by atoms with E-state index >= 15 is 0 Å². The Morgan fingerprint density at radius 3 is 2.35 bits per heavy atom. The molecule has 2 nitrogen and oxygen atoms in total. The SMILES string of the molecule is CNCCC(c1ccccc1)N(C)c1ccccc1F. The minimum atomic E-state index is -0.180. The van der Waals surface area contributed by atoms with E-state index in [-0.39, 0.29) is 11.9 Å². The van der Waals surface area contributed by atoms with Crippen LogP contribution >= 0.6 is 0 Å². The van der Waals surface area contributed by atoms with Crippen LogP contribution < -0.4 is 10.2 Å². The fourth-order valence-electron chi connectivity index (χ4n) is 2.45. The van der Waals surface area contributed by atoms with Crippen LogP contribution in [0.15, 0.2) is 54.6 Å². The second kappa shape index (κ2) is 7.06. The number of nitrogens with one attached hydrogen (secondary N) is 1. The van der Waals surface area contributed by atoms with Crippen molar-refractivity contribution in [3.63, 3.8) is 0 Å². The zero-order valence-corrected chi connectivity index (χ0v) is 12.0. The zero-order chi connectivity index (χ0) is 14.4. The van der Waals surface area contributed by atoms with Gasteiger partial charge in [-0.2, -0.15) is 0 Å². The van der Waals surface area contributed by atoms with E-state index in [0.29, 0.717) is 5.69 Å². The van der Waals surface area contributed by atoms with Gasteiger partial charge in [-0.15, -0.1) is 0 Å². The molecule has 0 fully saturated rings. The van der Waals surface area contributed by atoms with Crippen LogP contribution in [0.1, 0.15) is 18.0 Å². The van der Waals surface area contributed by atoms with Gasteiger partial charge in [0.2, 0.25) is 0 Å². The Bertz CT molecular complexity index is 528. The third kappa shape index (κ3) is 3.36. The Morgan fingerprint density at radius 2 is 1.70 bits per heavy atom. The highest BCUT2D eigenvalue weighted by Crippen LogP contribution is 2.29. The predicted molar refractivity (Wildman–Crippen MR) is 82.5 cm³/mol. The van der Waals surface area contributed by atoms with Crippen molar-refractivity contribution >= 4 is 5.69 Å². The summed E-state index contributed by atoms with van der Waals surface area (Å²) < 4.78 is 14.0. The minimum Gasteiger partial charge on any atom is -0.365 e. The second-order valence-corrected chi connectivity index (χ2v) is 4.88. The van der Waals surface area contributed by atoms with E-state index in [0.717, 1.165) is 13.0 Å². The molecule has 0 bridgehead atoms. The van der Waals surface area contributed by atoms with Gasteiger partial charge in [-0.1, -0.05) is 42.5 Å². The van der Waals surface area contributed by atoms with Crippen molar-refractivity contribution in [3.8, 4) is 0 Å². The molecular formula is C17H21FN2. The molecule has 0 aromatic heterocycles. The Hall–Kier alpha value is -1.87. The zero-order valence-electron chi connectivity index (χ0n) is 12.0. The van der Waals surface area contributed by atoms with E-state index in [1.54, 1.807) is 6.07 Å². The quantitative estimate of drug-likeness (QED) is 0.864. The monoisotopic (exact) mass is 272 g/mol. The normalized spacial score (nSPS) is 12.2. The summed E-state index contributed by atoms with van der Waals surface area (Å²) in [7, 11) is 3.89. The van der Waals surface area contributed by atoms with Gasteiger partial charge in [0.15, 0.2) is 0 Å². The molecule has 0 heterocycles. The van der Waals surface area contributed by atoms with Gasteiger partial charge in [0, 0.05) is 7.05 Å². The summed E-state index contributed by atoms with van der Waals surface area (Å²) in [4.78, 5) is 2.02. The van der Waals surface area contributed by atoms with E-state index in [2.05, 4.69) is 17.4 Å². The molecule has 106 valence electrons. The smallest absolute Gasteiger partial charge is 0.146 e. The first-order valence-electron chi connectivity index (χ1n) is 6.91. The summed E-state index contributed by atoms with van der Waals surface area (Å²) in [6.45, 7) is 0.887. The summed E-state index contributed by atoms with van der Waals surface area (Å²) in [5.74, 6) is -0.180. The summed E-state index contributed by atoms with van der Waals surface area (Å²) in [5, 5.41) is 3.17. The van der Waals surface area contributed by atoms with Crippen molar-refractivity contribution in [1.82, 2.24) is 5.32 Å². The van der Waals surface area contributed by atoms with Crippen molar-refractivity contribution in [1.29, 1.82) is 0 Å². The maximum absolute atomic E-state index is 14.0. The Balaban J connectivity index is 2.29. The highest BCUT2D eigenvalue weighted by Gasteiger charge is 2.19. The molecule has 0 saturated carbocycles. The van der Waals surface area contributed by atoms with Crippen LogP contribution in [-0.2, 0) is 0 Å². The molecule has 0 aliphatic carbocycles. The van der Waals surface area contributed by atoms with E-state index in [1.807, 2.05) is 49.3 Å². The van der Waals surface area contributed by atoms with Gasteiger partial charge in [-0.3, -0.25) is 0 Å². The summed E-state index contributed by atoms with van der Waals surface area (Å²) in [5.41, 5.74) is 1.84. The van der Waals surface area contributed by atoms with Gasteiger partial charge in [-0.05, 0) is 37.7 Å². The van der Waals surface area contributed by atoms with Crippen LogP contribution in [0.3, 0.4) is 0 Å². The lowest BCUT2D eigenvalue weighted by Gasteiger charge is -2.31. The molecule has 20 heavy (non-hydrogen) atoms. The number of nitrogens with zero attached hydrogens (tertiary/aromatic N) is 1. The fourth-order valence-corrected chi connectivity index (χ4v) is 2.45. The average molecular weight is 272 g/mol. The molecule has 3 heteroatoms. The maximum atomic E-state index is 14.0. The molecular weight excluding hydrogens is 251 g/mol. The second-order valence-electron chi connectivity index (χ2n) is 4.88. The molecule has 2 aromatic carbocycles. The van der Waals surface area contributed by atoms with Crippen molar-refractivity contribution < 1.29 is 4.39 Å². The molecule has 1 unspecified atom stereocenters. The number of hydrogen-bond donors (Lipinski definition) is 1. The molecule has 0 saturated heterocycles. The molecule has 0 aliphatic heterocycles. The van der Waals surface area contributed by atoms with Gasteiger partial charge < -0.3 is 10.2 Å². The number of benzene rings is 2. The van der Waals surface area contributed by atoms with Crippen molar-refractivity contribution in [2.45, 2.75) is 12.5 Å². The van der Waals surface area contributed by atoms with Gasteiger partial charge in [-0.25, -0.2) is 4.39 Å². The number of para-hydroxylation sites is 1. The predicted octanol–water partition coefficient (Wildman–Crippen LogP) is 3.61. The Labute approximate surface area is 120 Å². The highest BCUT2D eigenvalue weighted by molar-refractivity contribution is 5.49. The van der Waals surface area contributed by atoms with E-state index in [1.165, 1.54) is 11.6 Å². The van der Waals surface area contributed by atoms with E-state index < -0.39 is 0 Å². The first-order chi connectivity index (χ1) is 9.74. The number of halogens is 1. The first-order valence-corrected chi connectivity index (χ1v) is 6.91. The maximum Gasteiger partial charge on any atom is 0.146 e. The van der Waals surface area contributed by atoms with Gasteiger partial charge in [0.1, 0.15) is 5.82 Å². The van der Waals surface area contributed by atoms with E-state index in [9.17, 15) is 4.39 Å². The summed E-state index contributed by atoms with van der Waals surface area (Å²) >= 11 is 0. The minimum absolute atomic E-state index is 0.153. The standard InChI is InChI=1S/C17H21FN2/c1-19-13-12-16(14-8-4-3-5-9-14)20(2)17-11-7-6-10-15(17)18/h3-11,16,19H,12-13H2,1-2H3. The molecule has 2 rings (SSSR count). The van der Waals surface area contributed by atoms with Crippen molar-refractivity contribution in [2.24, 2.45) is 0 Å². The molecule has 1 atom stereocenters. The van der Waals surface area contributed by atoms with Crippen LogP contribution in [-0.4, -0.2) is 20.6 Å². The van der Waals surface area contributed by atoms with Crippen LogP contribution in [0.25, 0.3) is 0 Å². The third-order valence-corrected chi connectivity index (χ3v) is 3.55. The lowest BCUT2D eigenvalue weighted by Crippen LogP contribution is -2.27. The Kier molecular flexibility index (Phi) is 5.13. The first kappa shape index (κ1) is 14.5. The van der Waals surface area contributed by atoms with Gasteiger partial charge in [0.05, 0.1) is 11.7 Å². The fraction of sp³-hybridized carbons (Fsp3) is 0.294. The molecule has 2 aromatic rings.